The molecule has 2 aromatic rings. The summed E-state index contributed by atoms with van der Waals surface area (Å²) in [4.78, 5) is 25.5. The molecule has 0 aliphatic carbocycles. The highest BCUT2D eigenvalue weighted by Crippen LogP contribution is 2.22. The third-order valence-corrected chi connectivity index (χ3v) is 4.87. The minimum absolute atomic E-state index is 0.221. The maximum atomic E-state index is 12.9. The van der Waals surface area contributed by atoms with Crippen LogP contribution in [-0.2, 0) is 4.79 Å². The fraction of sp³-hybridized carbons (Fsp3) is 0.364. The Balaban J connectivity index is 2.17. The molecule has 0 aromatic heterocycles. The Labute approximate surface area is 176 Å². The van der Waals surface area contributed by atoms with Gasteiger partial charge in [-0.1, -0.05) is 63.0 Å². The van der Waals surface area contributed by atoms with Gasteiger partial charge in [0.2, 0.25) is 5.91 Å². The van der Waals surface area contributed by atoms with Gasteiger partial charge in [-0.15, -0.1) is 0 Å². The molecular formula is C22H26Cl2N2O2. The van der Waals surface area contributed by atoms with Crippen molar-refractivity contribution in [1.82, 2.24) is 5.32 Å². The van der Waals surface area contributed by atoms with Crippen molar-refractivity contribution < 1.29 is 9.59 Å². The monoisotopic (exact) mass is 420 g/mol. The molecule has 2 aromatic carbocycles. The van der Waals surface area contributed by atoms with Gasteiger partial charge in [0.25, 0.3) is 5.91 Å². The Morgan fingerprint density at radius 1 is 1.00 bits per heavy atom. The third kappa shape index (κ3) is 6.25. The second-order valence-corrected chi connectivity index (χ2v) is 8.39. The van der Waals surface area contributed by atoms with Crippen LogP contribution in [0.1, 0.15) is 56.0 Å². The number of nitrogens with one attached hydrogen (secondary N) is 2. The molecule has 0 saturated heterocycles. The largest absolute Gasteiger partial charge is 0.340 e. The van der Waals surface area contributed by atoms with Gasteiger partial charge >= 0.3 is 0 Å². The molecule has 1 unspecified atom stereocenters. The van der Waals surface area contributed by atoms with E-state index in [1.54, 1.807) is 12.1 Å². The highest BCUT2D eigenvalue weighted by atomic mass is 35.5. The average molecular weight is 421 g/mol. The number of carbonyl (C=O) groups is 2. The maximum Gasteiger partial charge on any atom is 0.253 e. The maximum absolute atomic E-state index is 12.9. The van der Waals surface area contributed by atoms with Crippen molar-refractivity contribution in [3.05, 3.63) is 63.6 Å². The third-order valence-electron chi connectivity index (χ3n) is 4.33. The summed E-state index contributed by atoms with van der Waals surface area (Å²) in [6, 6.07) is 11.7. The minimum atomic E-state index is -0.679. The Morgan fingerprint density at radius 2 is 1.71 bits per heavy atom. The van der Waals surface area contributed by atoms with Gasteiger partial charge in [-0.05, 0) is 54.2 Å². The molecule has 6 heteroatoms. The van der Waals surface area contributed by atoms with Crippen LogP contribution >= 0.6 is 23.2 Å². The Hall–Kier alpha value is -2.04. The van der Waals surface area contributed by atoms with Crippen LogP contribution in [0.15, 0.2) is 42.5 Å². The van der Waals surface area contributed by atoms with Crippen molar-refractivity contribution in [2.45, 2.75) is 46.1 Å². The van der Waals surface area contributed by atoms with E-state index in [4.69, 9.17) is 23.2 Å². The van der Waals surface area contributed by atoms with Crippen LogP contribution in [0.25, 0.3) is 0 Å². The number of amides is 2. The number of carbonyl (C=O) groups excluding carboxylic acids is 2. The molecule has 0 radical (unpaired) electrons. The van der Waals surface area contributed by atoms with Gasteiger partial charge in [-0.3, -0.25) is 9.59 Å². The van der Waals surface area contributed by atoms with Crippen molar-refractivity contribution in [3.63, 3.8) is 0 Å². The number of hydrogen-bond donors (Lipinski definition) is 2. The summed E-state index contributed by atoms with van der Waals surface area (Å²) in [5.41, 5.74) is 2.13. The molecule has 0 aliphatic rings. The second kappa shape index (κ2) is 9.94. The Morgan fingerprint density at radius 3 is 2.32 bits per heavy atom. The fourth-order valence-corrected chi connectivity index (χ4v) is 3.31. The number of halogens is 2. The standard InChI is InChI=1S/C22H26Cl2N2O2/c1-13(2)10-20(26-21(27)18-9-8-16(23)12-19(18)24)22(28)25-17-7-5-6-15(11-17)14(3)4/h5-9,11-14,20H,10H2,1-4H3,(H,25,28)(H,26,27). The summed E-state index contributed by atoms with van der Waals surface area (Å²) in [5, 5.41) is 6.42. The normalized spacial score (nSPS) is 12.1. The summed E-state index contributed by atoms with van der Waals surface area (Å²) in [5.74, 6) is -0.0831. The molecule has 150 valence electrons. The zero-order valence-electron chi connectivity index (χ0n) is 16.6. The van der Waals surface area contributed by atoms with Gasteiger partial charge in [0.1, 0.15) is 6.04 Å². The molecule has 0 heterocycles. The molecule has 1 atom stereocenters. The van der Waals surface area contributed by atoms with Crippen LogP contribution in [-0.4, -0.2) is 17.9 Å². The number of hydrogen-bond acceptors (Lipinski definition) is 2. The van der Waals surface area contributed by atoms with E-state index in [2.05, 4.69) is 24.5 Å². The van der Waals surface area contributed by atoms with Gasteiger partial charge in [0.15, 0.2) is 0 Å². The summed E-state index contributed by atoms with van der Waals surface area (Å²) < 4.78 is 0. The van der Waals surface area contributed by atoms with Crippen LogP contribution in [0.3, 0.4) is 0 Å². The van der Waals surface area contributed by atoms with E-state index in [-0.39, 0.29) is 22.4 Å². The van der Waals surface area contributed by atoms with E-state index >= 15 is 0 Å². The molecule has 0 spiro atoms. The molecular weight excluding hydrogens is 395 g/mol. The first-order chi connectivity index (χ1) is 13.2. The zero-order chi connectivity index (χ0) is 20.8. The first-order valence-electron chi connectivity index (χ1n) is 9.34. The van der Waals surface area contributed by atoms with E-state index in [1.165, 1.54) is 6.07 Å². The summed E-state index contributed by atoms with van der Waals surface area (Å²) >= 11 is 12.0. The first-order valence-corrected chi connectivity index (χ1v) is 10.1. The number of benzene rings is 2. The lowest BCUT2D eigenvalue weighted by Crippen LogP contribution is -2.44. The quantitative estimate of drug-likeness (QED) is 0.585. The van der Waals surface area contributed by atoms with E-state index in [1.807, 2.05) is 38.1 Å². The Bertz CT molecular complexity index is 850. The van der Waals surface area contributed by atoms with E-state index in [0.29, 0.717) is 23.0 Å². The number of anilines is 1. The average Bonchev–Trinajstić information content (AvgIpc) is 2.60. The molecule has 0 saturated carbocycles. The van der Waals surface area contributed by atoms with Crippen molar-refractivity contribution in [1.29, 1.82) is 0 Å². The van der Waals surface area contributed by atoms with Gasteiger partial charge in [-0.2, -0.15) is 0 Å². The van der Waals surface area contributed by atoms with Crippen LogP contribution < -0.4 is 10.6 Å². The highest BCUT2D eigenvalue weighted by Gasteiger charge is 2.24. The molecule has 2 rings (SSSR count). The molecule has 28 heavy (non-hydrogen) atoms. The summed E-state index contributed by atoms with van der Waals surface area (Å²) in [7, 11) is 0. The van der Waals surface area contributed by atoms with Gasteiger partial charge < -0.3 is 10.6 Å². The SMILES string of the molecule is CC(C)CC(NC(=O)c1ccc(Cl)cc1Cl)C(=O)Nc1cccc(C(C)C)c1. The Kier molecular flexibility index (Phi) is 7.90. The van der Waals surface area contributed by atoms with Crippen molar-refractivity contribution in [2.24, 2.45) is 5.92 Å². The highest BCUT2D eigenvalue weighted by molar-refractivity contribution is 6.36. The van der Waals surface area contributed by atoms with Crippen LogP contribution in [0, 0.1) is 5.92 Å². The lowest BCUT2D eigenvalue weighted by atomic mass is 10.0. The van der Waals surface area contributed by atoms with E-state index in [9.17, 15) is 9.59 Å². The molecule has 2 N–H and O–H groups in total. The molecule has 4 nitrogen and oxygen atoms in total. The predicted octanol–water partition coefficient (Wildman–Crippen LogP) is 5.90. The predicted molar refractivity (Wildman–Crippen MR) is 116 cm³/mol. The summed E-state index contributed by atoms with van der Waals surface area (Å²) in [6.45, 7) is 8.19. The van der Waals surface area contributed by atoms with Crippen molar-refractivity contribution in [3.8, 4) is 0 Å². The first kappa shape index (κ1) is 22.3. The van der Waals surface area contributed by atoms with Crippen LogP contribution in [0.5, 0.6) is 0 Å². The fourth-order valence-electron chi connectivity index (χ4n) is 2.82. The topological polar surface area (TPSA) is 58.2 Å². The zero-order valence-corrected chi connectivity index (χ0v) is 18.1. The van der Waals surface area contributed by atoms with Crippen LogP contribution in [0.2, 0.25) is 10.0 Å². The van der Waals surface area contributed by atoms with E-state index in [0.717, 1.165) is 5.56 Å². The minimum Gasteiger partial charge on any atom is -0.340 e. The molecule has 2 amide bonds. The lowest BCUT2D eigenvalue weighted by Gasteiger charge is -2.21. The molecule has 0 aliphatic heterocycles. The second-order valence-electron chi connectivity index (χ2n) is 7.55. The van der Waals surface area contributed by atoms with Crippen LogP contribution in [0.4, 0.5) is 5.69 Å². The van der Waals surface area contributed by atoms with Gasteiger partial charge in [0, 0.05) is 10.7 Å². The van der Waals surface area contributed by atoms with Crippen molar-refractivity contribution in [2.75, 3.05) is 5.32 Å². The number of rotatable bonds is 7. The molecule has 0 bridgehead atoms. The summed E-state index contributed by atoms with van der Waals surface area (Å²) in [6.07, 6.45) is 0.507. The smallest absolute Gasteiger partial charge is 0.253 e. The van der Waals surface area contributed by atoms with Crippen molar-refractivity contribution >= 4 is 40.7 Å². The van der Waals surface area contributed by atoms with E-state index < -0.39 is 11.9 Å². The molecule has 0 fully saturated rings. The lowest BCUT2D eigenvalue weighted by molar-refractivity contribution is -0.118. The van der Waals surface area contributed by atoms with Gasteiger partial charge in [0.05, 0.1) is 10.6 Å². The van der Waals surface area contributed by atoms with Gasteiger partial charge in [-0.25, -0.2) is 0 Å².